The third-order valence-corrected chi connectivity index (χ3v) is 5.05. The van der Waals surface area contributed by atoms with Gasteiger partial charge in [0, 0.05) is 26.0 Å². The van der Waals surface area contributed by atoms with Gasteiger partial charge in [-0.25, -0.2) is 9.97 Å². The number of aromatic nitrogens is 4. The number of nitrogens with zero attached hydrogens (tertiary/aromatic N) is 5. The molecule has 1 aliphatic rings. The minimum absolute atomic E-state index is 0.00349. The molecule has 29 heavy (non-hydrogen) atoms. The Morgan fingerprint density at radius 2 is 1.93 bits per heavy atom. The minimum Gasteiger partial charge on any atom is -0.342 e. The summed E-state index contributed by atoms with van der Waals surface area (Å²) >= 11 is 0. The number of aryl methyl sites for hydroxylation is 1. The number of anilines is 1. The third kappa shape index (κ3) is 3.50. The summed E-state index contributed by atoms with van der Waals surface area (Å²) in [5.41, 5.74) is -0.777. The lowest BCUT2D eigenvalue weighted by atomic mass is 10.1. The number of hydrogen-bond donors (Lipinski definition) is 0. The van der Waals surface area contributed by atoms with E-state index in [2.05, 4.69) is 9.97 Å². The van der Waals surface area contributed by atoms with Crippen molar-refractivity contribution < 1.29 is 13.2 Å². The highest BCUT2D eigenvalue weighted by Crippen LogP contribution is 2.34. The van der Waals surface area contributed by atoms with E-state index in [0.29, 0.717) is 29.5 Å². The van der Waals surface area contributed by atoms with Gasteiger partial charge in [-0.1, -0.05) is 12.1 Å². The van der Waals surface area contributed by atoms with Gasteiger partial charge in [0.1, 0.15) is 12.4 Å². The van der Waals surface area contributed by atoms with Crippen LogP contribution in [-0.2, 0) is 13.6 Å². The van der Waals surface area contributed by atoms with Crippen molar-refractivity contribution in [3.05, 3.63) is 63.2 Å². The first kappa shape index (κ1) is 19.2. The fourth-order valence-electron chi connectivity index (χ4n) is 3.74. The Labute approximate surface area is 163 Å². The van der Waals surface area contributed by atoms with E-state index in [1.807, 2.05) is 0 Å². The maximum absolute atomic E-state index is 13.3. The topological polar surface area (TPSA) is 73.0 Å². The first-order valence-corrected chi connectivity index (χ1v) is 9.11. The van der Waals surface area contributed by atoms with Crippen molar-refractivity contribution in [2.24, 2.45) is 7.05 Å². The highest BCUT2D eigenvalue weighted by atomic mass is 19.4. The smallest absolute Gasteiger partial charge is 0.342 e. The Morgan fingerprint density at radius 1 is 1.17 bits per heavy atom. The van der Waals surface area contributed by atoms with Crippen LogP contribution in [0.15, 0.2) is 46.2 Å². The molecule has 10 heteroatoms. The van der Waals surface area contributed by atoms with Crippen LogP contribution >= 0.6 is 0 Å². The summed E-state index contributed by atoms with van der Waals surface area (Å²) in [5.74, 6) is 0.134. The molecule has 1 aliphatic heterocycles. The number of para-hydroxylation sites is 1. The van der Waals surface area contributed by atoms with Gasteiger partial charge in [0.05, 0.1) is 16.9 Å². The van der Waals surface area contributed by atoms with Crippen molar-refractivity contribution in [1.82, 2.24) is 19.1 Å². The molecular formula is C19H18F3N5O2. The second-order valence-corrected chi connectivity index (χ2v) is 7.01. The fourth-order valence-corrected chi connectivity index (χ4v) is 3.74. The summed E-state index contributed by atoms with van der Waals surface area (Å²) in [6.07, 6.45) is -0.526. The van der Waals surface area contributed by atoms with Crippen LogP contribution in [0, 0.1) is 0 Å². The van der Waals surface area contributed by atoms with Crippen LogP contribution in [0.4, 0.5) is 19.0 Å². The molecule has 0 saturated carbocycles. The normalized spacial score (nSPS) is 17.2. The summed E-state index contributed by atoms with van der Waals surface area (Å²) in [5, 5.41) is 0.124. The van der Waals surface area contributed by atoms with Gasteiger partial charge in [-0.2, -0.15) is 13.2 Å². The SMILES string of the molecule is Cn1ccnc(N2CCCC2c2nc3ccccc3c(=O)n2CC(F)(F)F)c1=O. The van der Waals surface area contributed by atoms with E-state index in [4.69, 9.17) is 0 Å². The van der Waals surface area contributed by atoms with E-state index in [0.717, 1.165) is 0 Å². The second-order valence-electron chi connectivity index (χ2n) is 7.01. The summed E-state index contributed by atoms with van der Waals surface area (Å²) in [6, 6.07) is 5.66. The predicted octanol–water partition coefficient (Wildman–Crippen LogP) is 2.39. The number of benzene rings is 1. The van der Waals surface area contributed by atoms with Crippen molar-refractivity contribution in [1.29, 1.82) is 0 Å². The number of halogens is 3. The van der Waals surface area contributed by atoms with Gasteiger partial charge >= 0.3 is 6.18 Å². The molecule has 3 aromatic rings. The molecule has 0 spiro atoms. The zero-order chi connectivity index (χ0) is 20.8. The number of hydrogen-bond acceptors (Lipinski definition) is 5. The molecule has 1 unspecified atom stereocenters. The van der Waals surface area contributed by atoms with Crippen LogP contribution in [0.3, 0.4) is 0 Å². The van der Waals surface area contributed by atoms with E-state index in [1.54, 1.807) is 30.1 Å². The van der Waals surface area contributed by atoms with Crippen LogP contribution in [-0.4, -0.2) is 31.8 Å². The lowest BCUT2D eigenvalue weighted by Crippen LogP contribution is -2.38. The van der Waals surface area contributed by atoms with Gasteiger partial charge in [0.25, 0.3) is 11.1 Å². The van der Waals surface area contributed by atoms with Gasteiger partial charge in [0.2, 0.25) is 0 Å². The Morgan fingerprint density at radius 3 is 2.69 bits per heavy atom. The van der Waals surface area contributed by atoms with E-state index in [-0.39, 0.29) is 22.6 Å². The summed E-state index contributed by atoms with van der Waals surface area (Å²) in [6.45, 7) is -1.00. The number of fused-ring (bicyclic) bond motifs is 1. The molecule has 3 heterocycles. The van der Waals surface area contributed by atoms with E-state index in [9.17, 15) is 22.8 Å². The monoisotopic (exact) mass is 405 g/mol. The Kier molecular flexibility index (Phi) is 4.64. The quantitative estimate of drug-likeness (QED) is 0.669. The molecule has 7 nitrogen and oxygen atoms in total. The Hall–Kier alpha value is -3.17. The molecule has 0 radical (unpaired) electrons. The zero-order valence-electron chi connectivity index (χ0n) is 15.6. The molecule has 1 fully saturated rings. The highest BCUT2D eigenvalue weighted by molar-refractivity contribution is 5.77. The molecule has 0 N–H and O–H groups in total. The molecular weight excluding hydrogens is 387 g/mol. The third-order valence-electron chi connectivity index (χ3n) is 5.05. The van der Waals surface area contributed by atoms with Crippen LogP contribution in [0.2, 0.25) is 0 Å². The largest absolute Gasteiger partial charge is 0.406 e. The molecule has 152 valence electrons. The van der Waals surface area contributed by atoms with Gasteiger partial charge in [-0.15, -0.1) is 0 Å². The predicted molar refractivity (Wildman–Crippen MR) is 101 cm³/mol. The molecule has 0 aliphatic carbocycles. The van der Waals surface area contributed by atoms with Crippen LogP contribution in [0.5, 0.6) is 0 Å². The average Bonchev–Trinajstić information content (AvgIpc) is 3.14. The molecule has 0 amide bonds. The Bertz CT molecular complexity index is 1180. The van der Waals surface area contributed by atoms with Gasteiger partial charge in [0.15, 0.2) is 5.82 Å². The molecule has 2 aromatic heterocycles. The molecule has 0 bridgehead atoms. The maximum atomic E-state index is 13.3. The Balaban J connectivity index is 1.92. The van der Waals surface area contributed by atoms with Crippen molar-refractivity contribution in [2.75, 3.05) is 11.4 Å². The summed E-state index contributed by atoms with van der Waals surface area (Å²) in [4.78, 5) is 35.6. The lowest BCUT2D eigenvalue weighted by molar-refractivity contribution is -0.141. The van der Waals surface area contributed by atoms with Crippen molar-refractivity contribution in [3.8, 4) is 0 Å². The zero-order valence-corrected chi connectivity index (χ0v) is 15.6. The van der Waals surface area contributed by atoms with E-state index < -0.39 is 24.3 Å². The first-order valence-electron chi connectivity index (χ1n) is 9.11. The summed E-state index contributed by atoms with van der Waals surface area (Å²) in [7, 11) is 1.58. The van der Waals surface area contributed by atoms with Crippen LogP contribution in [0.1, 0.15) is 24.7 Å². The number of alkyl halides is 3. The van der Waals surface area contributed by atoms with Crippen LogP contribution < -0.4 is 16.0 Å². The molecule has 1 saturated heterocycles. The van der Waals surface area contributed by atoms with Crippen molar-refractivity contribution in [2.45, 2.75) is 31.6 Å². The minimum atomic E-state index is -4.59. The maximum Gasteiger partial charge on any atom is 0.406 e. The second kappa shape index (κ2) is 7.02. The highest BCUT2D eigenvalue weighted by Gasteiger charge is 2.36. The van der Waals surface area contributed by atoms with Gasteiger partial charge in [-0.05, 0) is 25.0 Å². The van der Waals surface area contributed by atoms with E-state index in [1.165, 1.54) is 23.0 Å². The summed E-state index contributed by atoms with van der Waals surface area (Å²) < 4.78 is 41.8. The molecule has 1 atom stereocenters. The van der Waals surface area contributed by atoms with Crippen molar-refractivity contribution >= 4 is 16.7 Å². The average molecular weight is 405 g/mol. The number of rotatable bonds is 3. The molecule has 4 rings (SSSR count). The lowest BCUT2D eigenvalue weighted by Gasteiger charge is -2.27. The van der Waals surface area contributed by atoms with Crippen molar-refractivity contribution in [3.63, 3.8) is 0 Å². The fraction of sp³-hybridized carbons (Fsp3) is 0.368. The first-order chi connectivity index (χ1) is 13.8. The van der Waals surface area contributed by atoms with E-state index >= 15 is 0 Å². The molecule has 1 aromatic carbocycles. The standard InChI is InChI=1S/C19H18F3N5O2/c1-25-10-8-23-16(18(25)29)26-9-4-7-14(26)15-24-13-6-3-2-5-12(13)17(28)27(15)11-19(20,21)22/h2-3,5-6,8,10,14H,4,7,9,11H2,1H3. The van der Waals surface area contributed by atoms with Crippen LogP contribution in [0.25, 0.3) is 10.9 Å². The van der Waals surface area contributed by atoms with Gasteiger partial charge < -0.3 is 9.47 Å². The van der Waals surface area contributed by atoms with Gasteiger partial charge in [-0.3, -0.25) is 14.2 Å².